The van der Waals surface area contributed by atoms with Gasteiger partial charge in [0.25, 0.3) is 0 Å². The topological polar surface area (TPSA) is 45.0 Å². The standard InChI is InChI=1S/C15H13ClN2O/c1-2-19-14-7-5-12(6-8-14)18-13-4-3-11(10-17)15(16)9-13/h3-9,18H,2H2,1H3. The Kier molecular flexibility index (Phi) is 4.27. The molecular formula is C15H13ClN2O. The predicted octanol–water partition coefficient (Wildman–Crippen LogP) is 4.35. The predicted molar refractivity (Wildman–Crippen MR) is 77.1 cm³/mol. The van der Waals surface area contributed by atoms with Crippen molar-refractivity contribution in [2.45, 2.75) is 6.92 Å². The zero-order valence-electron chi connectivity index (χ0n) is 10.5. The van der Waals surface area contributed by atoms with Gasteiger partial charge >= 0.3 is 0 Å². The van der Waals surface area contributed by atoms with Crippen molar-refractivity contribution in [3.63, 3.8) is 0 Å². The molecule has 0 heterocycles. The van der Waals surface area contributed by atoms with E-state index in [4.69, 9.17) is 21.6 Å². The second kappa shape index (κ2) is 6.12. The van der Waals surface area contributed by atoms with Crippen LogP contribution in [0.1, 0.15) is 12.5 Å². The van der Waals surface area contributed by atoms with Gasteiger partial charge < -0.3 is 10.1 Å². The van der Waals surface area contributed by atoms with E-state index in [2.05, 4.69) is 5.32 Å². The van der Waals surface area contributed by atoms with Gasteiger partial charge in [-0.2, -0.15) is 5.26 Å². The number of nitrogens with one attached hydrogen (secondary N) is 1. The Morgan fingerprint density at radius 3 is 2.42 bits per heavy atom. The Morgan fingerprint density at radius 2 is 1.84 bits per heavy atom. The number of halogens is 1. The number of rotatable bonds is 4. The van der Waals surface area contributed by atoms with E-state index in [1.165, 1.54) is 0 Å². The molecule has 0 aliphatic rings. The van der Waals surface area contributed by atoms with Crippen molar-refractivity contribution >= 4 is 23.0 Å². The molecule has 0 aromatic heterocycles. The van der Waals surface area contributed by atoms with Gasteiger partial charge in [-0.05, 0) is 49.4 Å². The van der Waals surface area contributed by atoms with Crippen LogP contribution in [0.15, 0.2) is 42.5 Å². The maximum Gasteiger partial charge on any atom is 0.119 e. The molecular weight excluding hydrogens is 260 g/mol. The molecule has 2 aromatic carbocycles. The van der Waals surface area contributed by atoms with E-state index in [0.717, 1.165) is 17.1 Å². The van der Waals surface area contributed by atoms with Crippen molar-refractivity contribution in [3.05, 3.63) is 53.1 Å². The number of nitriles is 1. The summed E-state index contributed by atoms with van der Waals surface area (Å²) in [5, 5.41) is 12.5. The Balaban J connectivity index is 2.13. The average Bonchev–Trinajstić information content (AvgIpc) is 2.42. The maximum atomic E-state index is 8.81. The van der Waals surface area contributed by atoms with Gasteiger partial charge in [0.2, 0.25) is 0 Å². The van der Waals surface area contributed by atoms with Crippen LogP contribution in [0.4, 0.5) is 11.4 Å². The molecule has 2 aromatic rings. The fraction of sp³-hybridized carbons (Fsp3) is 0.133. The molecule has 0 radical (unpaired) electrons. The number of benzene rings is 2. The average molecular weight is 273 g/mol. The summed E-state index contributed by atoms with van der Waals surface area (Å²) in [6, 6.07) is 14.9. The lowest BCUT2D eigenvalue weighted by Gasteiger charge is -2.08. The molecule has 0 unspecified atom stereocenters. The Morgan fingerprint density at radius 1 is 1.16 bits per heavy atom. The van der Waals surface area contributed by atoms with Gasteiger partial charge in [-0.3, -0.25) is 0 Å². The number of hydrogen-bond acceptors (Lipinski definition) is 3. The van der Waals surface area contributed by atoms with Gasteiger partial charge in [0, 0.05) is 11.4 Å². The van der Waals surface area contributed by atoms with Gasteiger partial charge in [-0.25, -0.2) is 0 Å². The molecule has 0 spiro atoms. The van der Waals surface area contributed by atoms with Crippen molar-refractivity contribution < 1.29 is 4.74 Å². The van der Waals surface area contributed by atoms with E-state index in [1.807, 2.05) is 43.3 Å². The molecule has 0 amide bonds. The fourth-order valence-corrected chi connectivity index (χ4v) is 1.87. The first-order valence-electron chi connectivity index (χ1n) is 5.92. The summed E-state index contributed by atoms with van der Waals surface area (Å²) in [5.41, 5.74) is 2.25. The van der Waals surface area contributed by atoms with Crippen molar-refractivity contribution in [2.24, 2.45) is 0 Å². The molecule has 0 aliphatic heterocycles. The molecule has 0 bridgehead atoms. The number of anilines is 2. The van der Waals surface area contributed by atoms with Crippen LogP contribution in [0, 0.1) is 11.3 Å². The lowest BCUT2D eigenvalue weighted by atomic mass is 10.2. The first-order valence-corrected chi connectivity index (χ1v) is 6.30. The summed E-state index contributed by atoms with van der Waals surface area (Å²) in [6.45, 7) is 2.60. The third kappa shape index (κ3) is 3.40. The van der Waals surface area contributed by atoms with E-state index in [-0.39, 0.29) is 0 Å². The molecule has 0 aliphatic carbocycles. The zero-order valence-corrected chi connectivity index (χ0v) is 11.2. The van der Waals surface area contributed by atoms with Gasteiger partial charge in [0.05, 0.1) is 17.2 Å². The quantitative estimate of drug-likeness (QED) is 0.900. The maximum absolute atomic E-state index is 8.81. The molecule has 2 rings (SSSR count). The minimum absolute atomic E-state index is 0.443. The molecule has 4 heteroatoms. The van der Waals surface area contributed by atoms with Gasteiger partial charge in [-0.15, -0.1) is 0 Å². The van der Waals surface area contributed by atoms with Crippen molar-refractivity contribution in [1.29, 1.82) is 5.26 Å². The summed E-state index contributed by atoms with van der Waals surface area (Å²) in [6.07, 6.45) is 0. The van der Waals surface area contributed by atoms with Crippen LogP contribution in [0.2, 0.25) is 5.02 Å². The summed E-state index contributed by atoms with van der Waals surface area (Å²) >= 11 is 5.98. The number of ether oxygens (including phenoxy) is 1. The lowest BCUT2D eigenvalue weighted by Crippen LogP contribution is -1.93. The SMILES string of the molecule is CCOc1ccc(Nc2ccc(C#N)c(Cl)c2)cc1. The Labute approximate surface area is 117 Å². The van der Waals surface area contributed by atoms with Crippen LogP contribution < -0.4 is 10.1 Å². The van der Waals surface area contributed by atoms with Gasteiger partial charge in [0.1, 0.15) is 11.8 Å². The van der Waals surface area contributed by atoms with Crippen LogP contribution in [0.25, 0.3) is 0 Å². The third-order valence-electron chi connectivity index (χ3n) is 2.54. The Bertz CT molecular complexity index is 603. The van der Waals surface area contributed by atoms with Crippen molar-refractivity contribution in [1.82, 2.24) is 0 Å². The van der Waals surface area contributed by atoms with Crippen LogP contribution >= 0.6 is 11.6 Å². The molecule has 19 heavy (non-hydrogen) atoms. The fourth-order valence-electron chi connectivity index (χ4n) is 1.65. The summed E-state index contributed by atoms with van der Waals surface area (Å²) < 4.78 is 5.38. The van der Waals surface area contributed by atoms with E-state index < -0.39 is 0 Å². The molecule has 96 valence electrons. The van der Waals surface area contributed by atoms with Crippen LogP contribution in [0.3, 0.4) is 0 Å². The van der Waals surface area contributed by atoms with Crippen LogP contribution in [-0.2, 0) is 0 Å². The molecule has 0 fully saturated rings. The normalized spacial score (nSPS) is 9.74. The highest BCUT2D eigenvalue weighted by atomic mass is 35.5. The largest absolute Gasteiger partial charge is 0.494 e. The molecule has 0 atom stereocenters. The third-order valence-corrected chi connectivity index (χ3v) is 2.86. The van der Waals surface area contributed by atoms with E-state index in [0.29, 0.717) is 17.2 Å². The minimum Gasteiger partial charge on any atom is -0.494 e. The van der Waals surface area contributed by atoms with Crippen molar-refractivity contribution in [2.75, 3.05) is 11.9 Å². The second-order valence-corrected chi connectivity index (χ2v) is 4.30. The molecule has 0 saturated heterocycles. The van der Waals surface area contributed by atoms with Gasteiger partial charge in [0.15, 0.2) is 0 Å². The lowest BCUT2D eigenvalue weighted by molar-refractivity contribution is 0.340. The Hall–Kier alpha value is -2.18. The van der Waals surface area contributed by atoms with Gasteiger partial charge in [-0.1, -0.05) is 11.6 Å². The highest BCUT2D eigenvalue weighted by Crippen LogP contribution is 2.24. The van der Waals surface area contributed by atoms with E-state index in [1.54, 1.807) is 12.1 Å². The molecule has 0 saturated carbocycles. The summed E-state index contributed by atoms with van der Waals surface area (Å²) in [7, 11) is 0. The van der Waals surface area contributed by atoms with Crippen molar-refractivity contribution in [3.8, 4) is 11.8 Å². The number of hydrogen-bond donors (Lipinski definition) is 1. The van der Waals surface area contributed by atoms with E-state index in [9.17, 15) is 0 Å². The first kappa shape index (κ1) is 13.3. The minimum atomic E-state index is 0.443. The van der Waals surface area contributed by atoms with Crippen LogP contribution in [0.5, 0.6) is 5.75 Å². The first-order chi connectivity index (χ1) is 9.22. The molecule has 1 N–H and O–H groups in total. The smallest absolute Gasteiger partial charge is 0.119 e. The number of nitrogens with zero attached hydrogens (tertiary/aromatic N) is 1. The second-order valence-electron chi connectivity index (χ2n) is 3.89. The molecule has 3 nitrogen and oxygen atoms in total. The zero-order chi connectivity index (χ0) is 13.7. The van der Waals surface area contributed by atoms with Crippen LogP contribution in [-0.4, -0.2) is 6.61 Å². The highest BCUT2D eigenvalue weighted by molar-refractivity contribution is 6.32. The van der Waals surface area contributed by atoms with E-state index >= 15 is 0 Å². The summed E-state index contributed by atoms with van der Waals surface area (Å²) in [5.74, 6) is 0.839. The highest BCUT2D eigenvalue weighted by Gasteiger charge is 2.01. The summed E-state index contributed by atoms with van der Waals surface area (Å²) in [4.78, 5) is 0. The monoisotopic (exact) mass is 272 g/mol.